The van der Waals surface area contributed by atoms with Gasteiger partial charge in [0.1, 0.15) is 18.0 Å². The van der Waals surface area contributed by atoms with Crippen molar-refractivity contribution >= 4 is 11.7 Å². The van der Waals surface area contributed by atoms with Crippen LogP contribution in [0.2, 0.25) is 0 Å². The van der Waals surface area contributed by atoms with Gasteiger partial charge in [0.2, 0.25) is 5.91 Å². The van der Waals surface area contributed by atoms with Gasteiger partial charge in [-0.3, -0.25) is 9.36 Å². The zero-order valence-electron chi connectivity index (χ0n) is 12.2. The number of para-hydroxylation sites is 1. The summed E-state index contributed by atoms with van der Waals surface area (Å²) in [5.41, 5.74) is 2.63. The molecule has 2 aromatic carbocycles. The van der Waals surface area contributed by atoms with Crippen LogP contribution in [0.3, 0.4) is 0 Å². The number of halogens is 1. The van der Waals surface area contributed by atoms with Crippen LogP contribution < -0.4 is 5.32 Å². The Kier molecular flexibility index (Phi) is 3.19. The van der Waals surface area contributed by atoms with Crippen molar-refractivity contribution in [3.8, 4) is 5.69 Å². The molecule has 0 bridgehead atoms. The smallest absolute Gasteiger partial charge is 0.226 e. The zero-order valence-corrected chi connectivity index (χ0v) is 12.2. The van der Waals surface area contributed by atoms with Gasteiger partial charge in [-0.2, -0.15) is 0 Å². The normalized spacial score (nSPS) is 16.7. The van der Waals surface area contributed by atoms with Crippen LogP contribution >= 0.6 is 0 Å². The van der Waals surface area contributed by atoms with E-state index in [1.54, 1.807) is 18.5 Å². The van der Waals surface area contributed by atoms with E-state index in [0.717, 1.165) is 16.9 Å². The highest BCUT2D eigenvalue weighted by molar-refractivity contribution is 5.94. The average Bonchev–Trinajstić information content (AvgIpc) is 2.99. The molecule has 2 heterocycles. The first-order chi connectivity index (χ1) is 11.2. The molecular weight excluding hydrogens is 293 g/mol. The van der Waals surface area contributed by atoms with E-state index in [4.69, 9.17) is 0 Å². The quantitative estimate of drug-likeness (QED) is 0.788. The zero-order chi connectivity index (χ0) is 15.8. The summed E-state index contributed by atoms with van der Waals surface area (Å²) in [7, 11) is 0. The van der Waals surface area contributed by atoms with E-state index in [1.807, 2.05) is 34.9 Å². The number of aromatic nitrogens is 2. The van der Waals surface area contributed by atoms with Gasteiger partial charge in [0, 0.05) is 18.0 Å². The summed E-state index contributed by atoms with van der Waals surface area (Å²) >= 11 is 0. The third-order valence-electron chi connectivity index (χ3n) is 4.08. The Labute approximate surface area is 132 Å². The Hall–Kier alpha value is -2.95. The lowest BCUT2D eigenvalue weighted by atomic mass is 9.90. The molecule has 1 unspecified atom stereocenters. The third-order valence-corrected chi connectivity index (χ3v) is 4.08. The number of hydrogen-bond acceptors (Lipinski definition) is 2. The molecule has 23 heavy (non-hydrogen) atoms. The molecule has 114 valence electrons. The maximum atomic E-state index is 13.2. The Morgan fingerprint density at radius 3 is 2.57 bits per heavy atom. The molecule has 0 aliphatic carbocycles. The average molecular weight is 307 g/mol. The van der Waals surface area contributed by atoms with Crippen molar-refractivity contribution in [3.63, 3.8) is 0 Å². The van der Waals surface area contributed by atoms with Gasteiger partial charge in [-0.05, 0) is 29.8 Å². The summed E-state index contributed by atoms with van der Waals surface area (Å²) in [6.07, 6.45) is 2.02. The number of benzene rings is 2. The fourth-order valence-corrected chi connectivity index (χ4v) is 2.96. The fraction of sp³-hybridized carbons (Fsp3) is 0.111. The Morgan fingerprint density at radius 2 is 1.83 bits per heavy atom. The van der Waals surface area contributed by atoms with Gasteiger partial charge in [0.25, 0.3) is 0 Å². The number of nitrogens with one attached hydrogen (secondary N) is 1. The van der Waals surface area contributed by atoms with Crippen LogP contribution in [0.25, 0.3) is 5.69 Å². The lowest BCUT2D eigenvalue weighted by Crippen LogP contribution is -2.24. The molecule has 0 saturated carbocycles. The molecule has 1 N–H and O–H groups in total. The number of anilines is 1. The van der Waals surface area contributed by atoms with Crippen LogP contribution in [0.1, 0.15) is 23.6 Å². The molecule has 3 aromatic rings. The molecule has 1 aliphatic rings. The minimum absolute atomic E-state index is 0.0653. The van der Waals surface area contributed by atoms with E-state index in [1.165, 1.54) is 12.1 Å². The highest BCUT2D eigenvalue weighted by Gasteiger charge is 2.30. The Balaban J connectivity index is 1.81. The molecule has 4 nitrogen and oxygen atoms in total. The highest BCUT2D eigenvalue weighted by atomic mass is 19.1. The standard InChI is InChI=1S/C18H14FN3O/c19-13-8-6-12(7-9-13)15-10-16(23)21-18-17(15)20-11-22(18)14-4-2-1-3-5-14/h1-9,11,15H,10H2,(H,21,23). The minimum Gasteiger partial charge on any atom is -0.310 e. The van der Waals surface area contributed by atoms with Crippen LogP contribution in [0.4, 0.5) is 10.2 Å². The van der Waals surface area contributed by atoms with Crippen molar-refractivity contribution in [1.29, 1.82) is 0 Å². The van der Waals surface area contributed by atoms with Crippen LogP contribution in [-0.2, 0) is 4.79 Å². The maximum Gasteiger partial charge on any atom is 0.226 e. The van der Waals surface area contributed by atoms with Crippen LogP contribution in [0.15, 0.2) is 60.9 Å². The predicted molar refractivity (Wildman–Crippen MR) is 85.1 cm³/mol. The van der Waals surface area contributed by atoms with E-state index in [0.29, 0.717) is 12.2 Å². The van der Waals surface area contributed by atoms with Crippen molar-refractivity contribution in [2.45, 2.75) is 12.3 Å². The summed E-state index contributed by atoms with van der Waals surface area (Å²) in [6, 6.07) is 16.0. The number of carbonyl (C=O) groups excluding carboxylic acids is 1. The van der Waals surface area contributed by atoms with E-state index in [-0.39, 0.29) is 17.6 Å². The first kappa shape index (κ1) is 13.7. The molecular formula is C18H14FN3O. The third kappa shape index (κ3) is 2.40. The number of imidazole rings is 1. The van der Waals surface area contributed by atoms with Crippen LogP contribution in [0, 0.1) is 5.82 Å². The number of rotatable bonds is 2. The van der Waals surface area contributed by atoms with Crippen LogP contribution in [0.5, 0.6) is 0 Å². The van der Waals surface area contributed by atoms with Crippen molar-refractivity contribution < 1.29 is 9.18 Å². The molecule has 5 heteroatoms. The van der Waals surface area contributed by atoms with E-state index >= 15 is 0 Å². The first-order valence-corrected chi connectivity index (χ1v) is 7.40. The number of amides is 1. The van der Waals surface area contributed by atoms with Gasteiger partial charge in [0.05, 0.1) is 5.69 Å². The molecule has 1 aliphatic heterocycles. The van der Waals surface area contributed by atoms with Crippen molar-refractivity contribution in [2.24, 2.45) is 0 Å². The van der Waals surface area contributed by atoms with E-state index in [2.05, 4.69) is 10.3 Å². The fourth-order valence-electron chi connectivity index (χ4n) is 2.96. The van der Waals surface area contributed by atoms with Gasteiger partial charge in [-0.15, -0.1) is 0 Å². The summed E-state index contributed by atoms with van der Waals surface area (Å²) in [5.74, 6) is 0.166. The van der Waals surface area contributed by atoms with Crippen molar-refractivity contribution in [2.75, 3.05) is 5.32 Å². The van der Waals surface area contributed by atoms with Gasteiger partial charge in [-0.25, -0.2) is 9.37 Å². The molecule has 1 atom stereocenters. The molecule has 0 saturated heterocycles. The Bertz CT molecular complexity index is 856. The minimum atomic E-state index is -0.288. The van der Waals surface area contributed by atoms with Crippen molar-refractivity contribution in [3.05, 3.63) is 78.0 Å². The second kappa shape index (κ2) is 5.35. The van der Waals surface area contributed by atoms with Crippen LogP contribution in [-0.4, -0.2) is 15.5 Å². The molecule has 4 rings (SSSR count). The number of carbonyl (C=O) groups is 1. The molecule has 0 radical (unpaired) electrons. The second-order valence-electron chi connectivity index (χ2n) is 5.54. The molecule has 0 spiro atoms. The molecule has 0 fully saturated rings. The van der Waals surface area contributed by atoms with Gasteiger partial charge >= 0.3 is 0 Å². The first-order valence-electron chi connectivity index (χ1n) is 7.40. The monoisotopic (exact) mass is 307 g/mol. The molecule has 1 aromatic heterocycles. The number of hydrogen-bond donors (Lipinski definition) is 1. The lowest BCUT2D eigenvalue weighted by Gasteiger charge is -2.23. The number of nitrogens with zero attached hydrogens (tertiary/aromatic N) is 2. The SMILES string of the molecule is O=C1CC(c2ccc(F)cc2)c2ncn(-c3ccccc3)c2N1. The lowest BCUT2D eigenvalue weighted by molar-refractivity contribution is -0.116. The Morgan fingerprint density at radius 1 is 1.09 bits per heavy atom. The summed E-state index contributed by atoms with van der Waals surface area (Å²) < 4.78 is 15.0. The summed E-state index contributed by atoms with van der Waals surface area (Å²) in [6.45, 7) is 0. The largest absolute Gasteiger partial charge is 0.310 e. The summed E-state index contributed by atoms with van der Waals surface area (Å²) in [5, 5.41) is 2.91. The van der Waals surface area contributed by atoms with E-state index < -0.39 is 0 Å². The predicted octanol–water partition coefficient (Wildman–Crippen LogP) is 3.49. The maximum absolute atomic E-state index is 13.2. The van der Waals surface area contributed by atoms with Gasteiger partial charge in [0.15, 0.2) is 0 Å². The second-order valence-corrected chi connectivity index (χ2v) is 5.54. The van der Waals surface area contributed by atoms with Gasteiger partial charge in [-0.1, -0.05) is 30.3 Å². The summed E-state index contributed by atoms with van der Waals surface area (Å²) in [4.78, 5) is 16.6. The van der Waals surface area contributed by atoms with Crippen molar-refractivity contribution in [1.82, 2.24) is 9.55 Å². The van der Waals surface area contributed by atoms with E-state index in [9.17, 15) is 9.18 Å². The number of fused-ring (bicyclic) bond motifs is 1. The topological polar surface area (TPSA) is 46.9 Å². The highest BCUT2D eigenvalue weighted by Crippen LogP contribution is 2.37. The molecule has 1 amide bonds. The van der Waals surface area contributed by atoms with Gasteiger partial charge < -0.3 is 5.32 Å².